The minimum absolute atomic E-state index is 0.0989. The first-order valence-electron chi connectivity index (χ1n) is 7.81. The van der Waals surface area contributed by atoms with E-state index < -0.39 is 0 Å². The molecule has 3 heterocycles. The Labute approximate surface area is 144 Å². The van der Waals surface area contributed by atoms with Crippen molar-refractivity contribution in [3.8, 4) is 0 Å². The van der Waals surface area contributed by atoms with Crippen LogP contribution in [0.4, 0.5) is 5.69 Å². The van der Waals surface area contributed by atoms with Crippen LogP contribution in [-0.4, -0.2) is 60.0 Å². The van der Waals surface area contributed by atoms with E-state index in [0.717, 1.165) is 47.4 Å². The number of likely N-dealkylation sites (N-methyl/N-ethyl adjacent to an activating group) is 1. The third-order valence-electron chi connectivity index (χ3n) is 3.98. The van der Waals surface area contributed by atoms with Crippen LogP contribution in [0.3, 0.4) is 0 Å². The molecule has 0 bridgehead atoms. The predicted octanol–water partition coefficient (Wildman–Crippen LogP) is 1.65. The topological polar surface area (TPSA) is 61.4 Å². The quantitative estimate of drug-likeness (QED) is 0.877. The van der Waals surface area contributed by atoms with E-state index in [9.17, 15) is 4.79 Å². The number of pyridine rings is 2. The summed E-state index contributed by atoms with van der Waals surface area (Å²) in [5.74, 6) is 0.0989. The summed E-state index contributed by atoms with van der Waals surface area (Å²) < 4.78 is 0.932. The lowest BCUT2D eigenvalue weighted by molar-refractivity contribution is -0.122. The van der Waals surface area contributed by atoms with Gasteiger partial charge in [0.25, 0.3) is 0 Å². The van der Waals surface area contributed by atoms with Crippen molar-refractivity contribution < 1.29 is 4.79 Å². The molecular formula is C16H20BrN5O. The Morgan fingerprint density at radius 1 is 1.30 bits per heavy atom. The summed E-state index contributed by atoms with van der Waals surface area (Å²) in [6.45, 7) is 6.62. The number of carbonyl (C=O) groups excluding carboxylic acids is 1. The molecule has 0 atom stereocenters. The first-order valence-corrected chi connectivity index (χ1v) is 8.61. The van der Waals surface area contributed by atoms with Crippen molar-refractivity contribution in [1.29, 1.82) is 0 Å². The highest BCUT2D eigenvalue weighted by molar-refractivity contribution is 9.10. The van der Waals surface area contributed by atoms with Crippen molar-refractivity contribution in [2.24, 2.45) is 0 Å². The van der Waals surface area contributed by atoms with Crippen molar-refractivity contribution in [3.05, 3.63) is 29.0 Å². The van der Waals surface area contributed by atoms with Gasteiger partial charge in [-0.05, 0) is 35.0 Å². The third kappa shape index (κ3) is 3.79. The first-order chi connectivity index (χ1) is 11.2. The van der Waals surface area contributed by atoms with E-state index in [2.05, 4.69) is 41.0 Å². The van der Waals surface area contributed by atoms with Crippen molar-refractivity contribution in [2.75, 3.05) is 44.2 Å². The second-order valence-corrected chi connectivity index (χ2v) is 6.48. The van der Waals surface area contributed by atoms with Gasteiger partial charge in [0.05, 0.1) is 17.7 Å². The van der Waals surface area contributed by atoms with E-state index in [0.29, 0.717) is 13.1 Å². The van der Waals surface area contributed by atoms with Crippen molar-refractivity contribution in [1.82, 2.24) is 20.2 Å². The Morgan fingerprint density at radius 2 is 2.09 bits per heavy atom. The van der Waals surface area contributed by atoms with Gasteiger partial charge in [-0.25, -0.2) is 0 Å². The molecule has 1 amide bonds. The SMILES string of the molecule is CCNC(=O)CN1CCN(c2ccnc3cc(Br)cnc23)CC1. The zero-order valence-electron chi connectivity index (χ0n) is 13.1. The Kier molecular flexibility index (Phi) is 5.07. The minimum atomic E-state index is 0.0989. The molecule has 1 aliphatic heterocycles. The number of nitrogens with one attached hydrogen (secondary N) is 1. The number of carbonyl (C=O) groups is 1. The van der Waals surface area contributed by atoms with E-state index in [1.165, 1.54) is 0 Å². The average Bonchev–Trinajstić information content (AvgIpc) is 2.55. The standard InChI is InChI=1S/C16H20BrN5O/c1-2-18-15(23)11-21-5-7-22(8-6-21)14-3-4-19-13-9-12(17)10-20-16(13)14/h3-4,9-10H,2,5-8,11H2,1H3,(H,18,23). The normalized spacial score (nSPS) is 15.8. The van der Waals surface area contributed by atoms with Gasteiger partial charge in [0.1, 0.15) is 5.52 Å². The largest absolute Gasteiger partial charge is 0.367 e. The third-order valence-corrected chi connectivity index (χ3v) is 4.41. The number of halogens is 1. The summed E-state index contributed by atoms with van der Waals surface area (Å²) in [7, 11) is 0. The summed E-state index contributed by atoms with van der Waals surface area (Å²) in [6.07, 6.45) is 3.63. The Hall–Kier alpha value is -1.73. The molecule has 1 saturated heterocycles. The molecule has 7 heteroatoms. The van der Waals surface area contributed by atoms with E-state index in [1.54, 1.807) is 6.20 Å². The van der Waals surface area contributed by atoms with E-state index in [-0.39, 0.29) is 5.91 Å². The smallest absolute Gasteiger partial charge is 0.234 e. The van der Waals surface area contributed by atoms with Gasteiger partial charge in [0.2, 0.25) is 5.91 Å². The van der Waals surface area contributed by atoms with Crippen molar-refractivity contribution in [3.63, 3.8) is 0 Å². The van der Waals surface area contributed by atoms with Gasteiger partial charge in [0.15, 0.2) is 0 Å². The number of amides is 1. The molecule has 23 heavy (non-hydrogen) atoms. The van der Waals surface area contributed by atoms with Crippen LogP contribution in [0.25, 0.3) is 11.0 Å². The van der Waals surface area contributed by atoms with Crippen LogP contribution in [-0.2, 0) is 4.79 Å². The second-order valence-electron chi connectivity index (χ2n) is 5.57. The Morgan fingerprint density at radius 3 is 2.83 bits per heavy atom. The molecule has 1 N–H and O–H groups in total. The van der Waals surface area contributed by atoms with Crippen molar-refractivity contribution in [2.45, 2.75) is 6.92 Å². The molecule has 2 aromatic rings. The van der Waals surface area contributed by atoms with Crippen LogP contribution in [0.1, 0.15) is 6.92 Å². The summed E-state index contributed by atoms with van der Waals surface area (Å²) in [6, 6.07) is 4.00. The van der Waals surface area contributed by atoms with Crippen LogP contribution in [0.2, 0.25) is 0 Å². The molecule has 3 rings (SSSR count). The summed E-state index contributed by atoms with van der Waals surface area (Å²) >= 11 is 3.44. The Bertz CT molecular complexity index is 700. The highest BCUT2D eigenvalue weighted by atomic mass is 79.9. The molecule has 0 radical (unpaired) electrons. The monoisotopic (exact) mass is 377 g/mol. The first kappa shape index (κ1) is 16.1. The molecular weight excluding hydrogens is 358 g/mol. The van der Waals surface area contributed by atoms with Gasteiger partial charge in [-0.15, -0.1) is 0 Å². The fourth-order valence-electron chi connectivity index (χ4n) is 2.85. The maximum atomic E-state index is 11.7. The zero-order valence-corrected chi connectivity index (χ0v) is 14.7. The number of piperazine rings is 1. The molecule has 1 fully saturated rings. The maximum absolute atomic E-state index is 11.7. The van der Waals surface area contributed by atoms with Crippen LogP contribution < -0.4 is 10.2 Å². The molecule has 0 aromatic carbocycles. The number of hydrogen-bond donors (Lipinski definition) is 1. The minimum Gasteiger partial charge on any atom is -0.367 e. The Balaban J connectivity index is 1.69. The molecule has 0 unspecified atom stereocenters. The molecule has 6 nitrogen and oxygen atoms in total. The lowest BCUT2D eigenvalue weighted by atomic mass is 10.2. The van der Waals surface area contributed by atoms with Gasteiger partial charge in [-0.1, -0.05) is 0 Å². The molecule has 0 saturated carbocycles. The van der Waals surface area contributed by atoms with Gasteiger partial charge in [-0.3, -0.25) is 19.7 Å². The lowest BCUT2D eigenvalue weighted by Gasteiger charge is -2.35. The molecule has 122 valence electrons. The summed E-state index contributed by atoms with van der Waals surface area (Å²) in [5, 5.41) is 2.85. The molecule has 0 aliphatic carbocycles. The average molecular weight is 378 g/mol. The molecule has 2 aromatic heterocycles. The fraction of sp³-hybridized carbons (Fsp3) is 0.438. The number of nitrogens with zero attached hydrogens (tertiary/aromatic N) is 4. The second kappa shape index (κ2) is 7.23. The zero-order chi connectivity index (χ0) is 16.2. The fourth-order valence-corrected chi connectivity index (χ4v) is 3.17. The molecule has 0 spiro atoms. The number of hydrogen-bond acceptors (Lipinski definition) is 5. The van der Waals surface area contributed by atoms with E-state index in [4.69, 9.17) is 0 Å². The van der Waals surface area contributed by atoms with Gasteiger partial charge >= 0.3 is 0 Å². The van der Waals surface area contributed by atoms with Crippen LogP contribution >= 0.6 is 15.9 Å². The predicted molar refractivity (Wildman–Crippen MR) is 94.6 cm³/mol. The summed E-state index contributed by atoms with van der Waals surface area (Å²) in [5.41, 5.74) is 2.93. The van der Waals surface area contributed by atoms with Crippen LogP contribution in [0, 0.1) is 0 Å². The van der Waals surface area contributed by atoms with E-state index in [1.807, 2.05) is 25.3 Å². The van der Waals surface area contributed by atoms with E-state index >= 15 is 0 Å². The maximum Gasteiger partial charge on any atom is 0.234 e. The van der Waals surface area contributed by atoms with Gasteiger partial charge in [-0.2, -0.15) is 0 Å². The highest BCUT2D eigenvalue weighted by Gasteiger charge is 2.20. The number of anilines is 1. The van der Waals surface area contributed by atoms with Crippen LogP contribution in [0.15, 0.2) is 29.0 Å². The highest BCUT2D eigenvalue weighted by Crippen LogP contribution is 2.26. The lowest BCUT2D eigenvalue weighted by Crippen LogP contribution is -2.49. The number of fused-ring (bicyclic) bond motifs is 1. The number of aromatic nitrogens is 2. The molecule has 1 aliphatic rings. The van der Waals surface area contributed by atoms with Gasteiger partial charge < -0.3 is 10.2 Å². The number of rotatable bonds is 4. The van der Waals surface area contributed by atoms with Crippen molar-refractivity contribution >= 4 is 38.6 Å². The van der Waals surface area contributed by atoms with Crippen LogP contribution in [0.5, 0.6) is 0 Å². The summed E-state index contributed by atoms with van der Waals surface area (Å²) in [4.78, 5) is 25.1. The van der Waals surface area contributed by atoms with Gasteiger partial charge in [0, 0.05) is 49.6 Å².